The van der Waals surface area contributed by atoms with Gasteiger partial charge in [-0.3, -0.25) is 5.10 Å². The van der Waals surface area contributed by atoms with Crippen LogP contribution in [0.1, 0.15) is 0 Å². The van der Waals surface area contributed by atoms with E-state index in [-0.39, 0.29) is 5.56 Å². The van der Waals surface area contributed by atoms with Gasteiger partial charge in [0.25, 0.3) is 0 Å². The summed E-state index contributed by atoms with van der Waals surface area (Å²) in [5.41, 5.74) is 0.611. The molecule has 5 heteroatoms. The van der Waals surface area contributed by atoms with E-state index >= 15 is 0 Å². The highest BCUT2D eigenvalue weighted by molar-refractivity contribution is 5.63. The van der Waals surface area contributed by atoms with Crippen molar-refractivity contribution in [2.75, 3.05) is 12.4 Å². The molecule has 0 amide bonds. The average Bonchev–Trinajstić information content (AvgIpc) is 2.70. The first-order valence-corrected chi connectivity index (χ1v) is 4.40. The maximum atomic E-state index is 13.4. The second-order valence-corrected chi connectivity index (χ2v) is 3.02. The summed E-state index contributed by atoms with van der Waals surface area (Å²) in [5.74, 6) is -1.16. The van der Waals surface area contributed by atoms with E-state index in [9.17, 15) is 8.78 Å². The van der Waals surface area contributed by atoms with Crippen LogP contribution in [-0.2, 0) is 0 Å². The van der Waals surface area contributed by atoms with E-state index in [1.807, 2.05) is 0 Å². The first-order chi connectivity index (χ1) is 7.22. The van der Waals surface area contributed by atoms with Crippen LogP contribution in [-0.4, -0.2) is 17.2 Å². The fourth-order valence-electron chi connectivity index (χ4n) is 1.30. The van der Waals surface area contributed by atoms with Crippen molar-refractivity contribution in [3.05, 3.63) is 35.9 Å². The Labute approximate surface area is 85.1 Å². The zero-order chi connectivity index (χ0) is 10.8. The molecule has 0 bridgehead atoms. The minimum Gasteiger partial charge on any atom is -0.372 e. The normalized spacial score (nSPS) is 10.3. The molecule has 0 atom stereocenters. The Morgan fingerprint density at radius 2 is 2.13 bits per heavy atom. The van der Waals surface area contributed by atoms with Crippen molar-refractivity contribution in [1.29, 1.82) is 0 Å². The summed E-state index contributed by atoms with van der Waals surface area (Å²) >= 11 is 0. The van der Waals surface area contributed by atoms with Crippen LogP contribution in [0.2, 0.25) is 0 Å². The molecule has 0 aliphatic carbocycles. The van der Waals surface area contributed by atoms with Gasteiger partial charge in [-0.25, -0.2) is 8.78 Å². The smallest absolute Gasteiger partial charge is 0.168 e. The van der Waals surface area contributed by atoms with Crippen molar-refractivity contribution < 1.29 is 8.78 Å². The van der Waals surface area contributed by atoms with Crippen LogP contribution in [0.5, 0.6) is 0 Å². The van der Waals surface area contributed by atoms with Crippen LogP contribution >= 0.6 is 0 Å². The fourth-order valence-corrected chi connectivity index (χ4v) is 1.30. The number of hydrogen-bond donors (Lipinski definition) is 2. The third kappa shape index (κ3) is 1.68. The molecule has 3 nitrogen and oxygen atoms in total. The molecule has 78 valence electrons. The van der Waals surface area contributed by atoms with Gasteiger partial charge in [0.05, 0.1) is 5.69 Å². The van der Waals surface area contributed by atoms with E-state index in [4.69, 9.17) is 0 Å². The topological polar surface area (TPSA) is 40.7 Å². The van der Waals surface area contributed by atoms with E-state index in [1.165, 1.54) is 12.1 Å². The first kappa shape index (κ1) is 9.64. The molecular weight excluding hydrogens is 200 g/mol. The number of nitrogens with one attached hydrogen (secondary N) is 2. The SMILES string of the molecule is CNc1cc(-c2cccc(F)c2F)[nH]n1. The third-order valence-electron chi connectivity index (χ3n) is 2.08. The second kappa shape index (κ2) is 3.68. The molecule has 0 saturated heterocycles. The number of benzene rings is 1. The maximum Gasteiger partial charge on any atom is 0.168 e. The summed E-state index contributed by atoms with van der Waals surface area (Å²) in [7, 11) is 1.70. The Hall–Kier alpha value is -1.91. The number of nitrogens with zero attached hydrogens (tertiary/aromatic N) is 1. The Morgan fingerprint density at radius 3 is 2.80 bits per heavy atom. The Kier molecular flexibility index (Phi) is 2.37. The van der Waals surface area contributed by atoms with Gasteiger partial charge in [0.2, 0.25) is 0 Å². The molecule has 0 saturated carbocycles. The van der Waals surface area contributed by atoms with Crippen LogP contribution < -0.4 is 5.32 Å². The molecular formula is C10H9F2N3. The Bertz CT molecular complexity index is 479. The predicted octanol–water partition coefficient (Wildman–Crippen LogP) is 2.40. The summed E-state index contributed by atoms with van der Waals surface area (Å²) in [6.07, 6.45) is 0. The van der Waals surface area contributed by atoms with Gasteiger partial charge in [-0.1, -0.05) is 6.07 Å². The van der Waals surface area contributed by atoms with E-state index in [1.54, 1.807) is 13.1 Å². The van der Waals surface area contributed by atoms with E-state index in [0.29, 0.717) is 11.5 Å². The first-order valence-electron chi connectivity index (χ1n) is 4.40. The molecule has 1 aromatic heterocycles. The highest BCUT2D eigenvalue weighted by Gasteiger charge is 2.11. The number of halogens is 2. The van der Waals surface area contributed by atoms with Crippen molar-refractivity contribution in [3.8, 4) is 11.3 Å². The molecule has 2 rings (SSSR count). The second-order valence-electron chi connectivity index (χ2n) is 3.02. The lowest BCUT2D eigenvalue weighted by Gasteiger charge is -1.99. The standard InChI is InChI=1S/C10H9F2N3/c1-13-9-5-8(14-15-9)6-3-2-4-7(11)10(6)12/h2-5H,1H3,(H2,13,14,15). The maximum absolute atomic E-state index is 13.4. The quantitative estimate of drug-likeness (QED) is 0.797. The summed E-state index contributed by atoms with van der Waals surface area (Å²) in [5, 5.41) is 9.27. The highest BCUT2D eigenvalue weighted by Crippen LogP contribution is 2.23. The number of hydrogen-bond acceptors (Lipinski definition) is 2. The van der Waals surface area contributed by atoms with Crippen molar-refractivity contribution in [1.82, 2.24) is 10.2 Å². The van der Waals surface area contributed by atoms with Crippen LogP contribution in [0.25, 0.3) is 11.3 Å². The van der Waals surface area contributed by atoms with Gasteiger partial charge in [-0.2, -0.15) is 5.10 Å². The van der Waals surface area contributed by atoms with Crippen molar-refractivity contribution >= 4 is 5.82 Å². The monoisotopic (exact) mass is 209 g/mol. The molecule has 2 N–H and O–H groups in total. The molecule has 0 aliphatic rings. The summed E-state index contributed by atoms with van der Waals surface area (Å²) < 4.78 is 26.3. The number of H-pyrrole nitrogens is 1. The molecule has 0 aliphatic heterocycles. The molecule has 0 unspecified atom stereocenters. The van der Waals surface area contributed by atoms with Gasteiger partial charge in [-0.15, -0.1) is 0 Å². The van der Waals surface area contributed by atoms with Gasteiger partial charge in [0.15, 0.2) is 11.6 Å². The van der Waals surface area contributed by atoms with Crippen molar-refractivity contribution in [2.45, 2.75) is 0 Å². The van der Waals surface area contributed by atoms with E-state index in [2.05, 4.69) is 15.5 Å². The Balaban J connectivity index is 2.49. The Morgan fingerprint density at radius 1 is 1.33 bits per heavy atom. The summed E-state index contributed by atoms with van der Waals surface area (Å²) in [6, 6.07) is 5.63. The van der Waals surface area contributed by atoms with Crippen molar-refractivity contribution in [3.63, 3.8) is 0 Å². The van der Waals surface area contributed by atoms with Crippen LogP contribution in [0.4, 0.5) is 14.6 Å². The largest absolute Gasteiger partial charge is 0.372 e. The number of aromatic amines is 1. The lowest BCUT2D eigenvalue weighted by molar-refractivity contribution is 0.511. The fraction of sp³-hybridized carbons (Fsp3) is 0.100. The molecule has 0 spiro atoms. The zero-order valence-electron chi connectivity index (χ0n) is 8.01. The highest BCUT2D eigenvalue weighted by atomic mass is 19.2. The molecule has 15 heavy (non-hydrogen) atoms. The van der Waals surface area contributed by atoms with Gasteiger partial charge in [0.1, 0.15) is 5.82 Å². The lowest BCUT2D eigenvalue weighted by atomic mass is 10.1. The molecule has 1 aromatic carbocycles. The summed E-state index contributed by atoms with van der Waals surface area (Å²) in [6.45, 7) is 0. The molecule has 0 radical (unpaired) electrons. The van der Waals surface area contributed by atoms with Crippen LogP contribution in [0.15, 0.2) is 24.3 Å². The zero-order valence-corrected chi connectivity index (χ0v) is 8.01. The van der Waals surface area contributed by atoms with Gasteiger partial charge < -0.3 is 5.32 Å². The van der Waals surface area contributed by atoms with E-state index < -0.39 is 11.6 Å². The average molecular weight is 209 g/mol. The number of aromatic nitrogens is 2. The summed E-state index contributed by atoms with van der Waals surface area (Å²) in [4.78, 5) is 0. The lowest BCUT2D eigenvalue weighted by Crippen LogP contribution is -1.88. The van der Waals surface area contributed by atoms with Crippen molar-refractivity contribution in [2.24, 2.45) is 0 Å². The molecule has 1 heterocycles. The van der Waals surface area contributed by atoms with Crippen LogP contribution in [0.3, 0.4) is 0 Å². The number of rotatable bonds is 2. The minimum absolute atomic E-state index is 0.170. The van der Waals surface area contributed by atoms with Gasteiger partial charge in [-0.05, 0) is 12.1 Å². The minimum atomic E-state index is -0.871. The number of anilines is 1. The van der Waals surface area contributed by atoms with Gasteiger partial charge >= 0.3 is 0 Å². The predicted molar refractivity (Wildman–Crippen MR) is 53.5 cm³/mol. The van der Waals surface area contributed by atoms with Gasteiger partial charge in [0, 0.05) is 18.7 Å². The van der Waals surface area contributed by atoms with E-state index in [0.717, 1.165) is 6.07 Å². The molecule has 0 fully saturated rings. The third-order valence-corrected chi connectivity index (χ3v) is 2.08. The van der Waals surface area contributed by atoms with Crippen LogP contribution in [0, 0.1) is 11.6 Å². The molecule has 2 aromatic rings.